The van der Waals surface area contributed by atoms with Gasteiger partial charge in [-0.05, 0) is 105 Å². The molecule has 0 N–H and O–H groups in total. The maximum atomic E-state index is 2.49. The molecule has 2 nitrogen and oxygen atoms in total. The van der Waals surface area contributed by atoms with Crippen LogP contribution in [0.1, 0.15) is 44.5 Å². The number of rotatable bonds is 2. The number of hydrogen-bond acceptors (Lipinski definition) is 3. The van der Waals surface area contributed by atoms with Crippen molar-refractivity contribution in [1.29, 1.82) is 0 Å². The lowest BCUT2D eigenvalue weighted by Crippen LogP contribution is -2.70. The smallest absolute Gasteiger partial charge is 0.245 e. The molecule has 0 fully saturated rings. The Labute approximate surface area is 354 Å². The van der Waals surface area contributed by atoms with Crippen molar-refractivity contribution in [3.63, 3.8) is 0 Å². The van der Waals surface area contributed by atoms with Crippen molar-refractivity contribution in [3.05, 3.63) is 257 Å². The van der Waals surface area contributed by atoms with Gasteiger partial charge in [-0.15, -0.1) is 0 Å². The summed E-state index contributed by atoms with van der Waals surface area (Å²) in [5.74, 6) is 0. The van der Waals surface area contributed by atoms with Gasteiger partial charge in [0.25, 0.3) is 0 Å². The minimum absolute atomic E-state index is 0.0871. The van der Waals surface area contributed by atoms with Gasteiger partial charge in [-0.2, -0.15) is 0 Å². The summed E-state index contributed by atoms with van der Waals surface area (Å²) in [6.07, 6.45) is 0. The molecular formula is C56H35BN2S. The van der Waals surface area contributed by atoms with Gasteiger partial charge in [0.1, 0.15) is 0 Å². The summed E-state index contributed by atoms with van der Waals surface area (Å²) in [6.45, 7) is 0.0871. The SMILES string of the molecule is c1ccc(N2c3ccccc3C3(c4ccccc42)c2cccc4c2B2c5c(cccc5C5(c6ccccc6N(c6ccccc6)c6ccccc65)c5cccc3c52)S4)cc1. The third-order valence-electron chi connectivity index (χ3n) is 14.2. The van der Waals surface area contributed by atoms with Crippen LogP contribution in [0.25, 0.3) is 0 Å². The van der Waals surface area contributed by atoms with Crippen molar-refractivity contribution in [2.24, 2.45) is 0 Å². The molecule has 4 heteroatoms. The Bertz CT molecular complexity index is 2980. The molecule has 0 saturated carbocycles. The molecule has 0 saturated heterocycles. The summed E-state index contributed by atoms with van der Waals surface area (Å²) in [6, 6.07) is 80.4. The first-order chi connectivity index (χ1) is 29.8. The fraction of sp³-hybridized carbons (Fsp3) is 0.0357. The Hall–Kier alpha value is -7.01. The highest BCUT2D eigenvalue weighted by molar-refractivity contribution is 8.00. The quantitative estimate of drug-likeness (QED) is 0.161. The normalized spacial score (nSPS) is 15.8. The summed E-state index contributed by atoms with van der Waals surface area (Å²) in [5, 5.41) is 0. The molecule has 5 aliphatic rings. The summed E-state index contributed by atoms with van der Waals surface area (Å²) in [4.78, 5) is 7.70. The number of anilines is 6. The zero-order chi connectivity index (χ0) is 39.2. The first-order valence-corrected chi connectivity index (χ1v) is 21.8. The van der Waals surface area contributed by atoms with Crippen LogP contribution in [0.5, 0.6) is 0 Å². The van der Waals surface area contributed by atoms with Crippen molar-refractivity contribution in [3.8, 4) is 0 Å². The first kappa shape index (κ1) is 32.9. The van der Waals surface area contributed by atoms with E-state index in [0.717, 1.165) is 11.4 Å². The molecule has 5 heterocycles. The fourth-order valence-electron chi connectivity index (χ4n) is 12.3. The van der Waals surface area contributed by atoms with Crippen LogP contribution in [0.2, 0.25) is 0 Å². The van der Waals surface area contributed by atoms with E-state index in [1.54, 1.807) is 0 Å². The lowest BCUT2D eigenvalue weighted by Gasteiger charge is -2.56. The van der Waals surface area contributed by atoms with Gasteiger partial charge in [-0.3, -0.25) is 0 Å². The van der Waals surface area contributed by atoms with Gasteiger partial charge in [-0.25, -0.2) is 0 Å². The molecule has 0 unspecified atom stereocenters. The molecule has 60 heavy (non-hydrogen) atoms. The maximum Gasteiger partial charge on any atom is 0.245 e. The van der Waals surface area contributed by atoms with Gasteiger partial charge >= 0.3 is 0 Å². The summed E-state index contributed by atoms with van der Waals surface area (Å²) >= 11 is 1.96. The van der Waals surface area contributed by atoms with Crippen molar-refractivity contribution >= 4 is 69.0 Å². The molecule has 278 valence electrons. The number of para-hydroxylation sites is 6. The highest BCUT2D eigenvalue weighted by Crippen LogP contribution is 2.63. The molecule has 0 amide bonds. The lowest BCUT2D eigenvalue weighted by atomic mass is 9.25. The van der Waals surface area contributed by atoms with Gasteiger partial charge in [0.2, 0.25) is 6.71 Å². The molecule has 0 atom stereocenters. The molecule has 0 radical (unpaired) electrons. The number of nitrogens with zero attached hydrogens (tertiary/aromatic N) is 2. The third kappa shape index (κ3) is 3.81. The molecule has 14 rings (SSSR count). The number of benzene rings is 9. The maximum absolute atomic E-state index is 2.49. The third-order valence-corrected chi connectivity index (χ3v) is 15.3. The van der Waals surface area contributed by atoms with Gasteiger partial charge in [0, 0.05) is 21.2 Å². The molecule has 0 bridgehead atoms. The van der Waals surface area contributed by atoms with E-state index in [-0.39, 0.29) is 6.71 Å². The molecule has 0 aromatic heterocycles. The predicted molar refractivity (Wildman–Crippen MR) is 248 cm³/mol. The minimum atomic E-state index is -0.582. The lowest BCUT2D eigenvalue weighted by molar-refractivity contribution is 0.707. The average Bonchev–Trinajstić information content (AvgIpc) is 3.32. The summed E-state index contributed by atoms with van der Waals surface area (Å²) < 4.78 is 0. The molecule has 0 aliphatic carbocycles. The van der Waals surface area contributed by atoms with Crippen molar-refractivity contribution in [2.75, 3.05) is 9.80 Å². The van der Waals surface area contributed by atoms with Gasteiger partial charge in [0.15, 0.2) is 0 Å². The number of fused-ring (bicyclic) bond motifs is 12. The second kappa shape index (κ2) is 11.8. The monoisotopic (exact) mass is 778 g/mol. The van der Waals surface area contributed by atoms with Crippen LogP contribution in [0.3, 0.4) is 0 Å². The molecule has 9 aromatic carbocycles. The van der Waals surface area contributed by atoms with E-state index in [4.69, 9.17) is 0 Å². The first-order valence-electron chi connectivity index (χ1n) is 21.0. The highest BCUT2D eigenvalue weighted by atomic mass is 32.2. The van der Waals surface area contributed by atoms with E-state index in [9.17, 15) is 0 Å². The zero-order valence-corrected chi connectivity index (χ0v) is 33.4. The van der Waals surface area contributed by atoms with Crippen LogP contribution in [0.4, 0.5) is 34.1 Å². The van der Waals surface area contributed by atoms with E-state index in [2.05, 4.69) is 222 Å². The second-order valence-electron chi connectivity index (χ2n) is 16.6. The molecular weight excluding hydrogens is 744 g/mol. The predicted octanol–water partition coefficient (Wildman–Crippen LogP) is 11.6. The van der Waals surface area contributed by atoms with Gasteiger partial charge in [-0.1, -0.05) is 180 Å². The molecule has 5 aliphatic heterocycles. The zero-order valence-electron chi connectivity index (χ0n) is 32.6. The fourth-order valence-corrected chi connectivity index (χ4v) is 13.5. The van der Waals surface area contributed by atoms with Crippen LogP contribution in [-0.2, 0) is 10.8 Å². The van der Waals surface area contributed by atoms with Crippen molar-refractivity contribution in [1.82, 2.24) is 0 Å². The Morgan fingerprint density at radius 1 is 0.283 bits per heavy atom. The van der Waals surface area contributed by atoms with Gasteiger partial charge < -0.3 is 9.80 Å². The molecule has 2 spiro atoms. The Kier molecular flexibility index (Phi) is 6.48. The minimum Gasteiger partial charge on any atom is -0.310 e. The Balaban J connectivity index is 1.17. The van der Waals surface area contributed by atoms with Crippen LogP contribution in [-0.4, -0.2) is 6.71 Å². The highest BCUT2D eigenvalue weighted by Gasteiger charge is 2.60. The van der Waals surface area contributed by atoms with Crippen LogP contribution in [0.15, 0.2) is 222 Å². The van der Waals surface area contributed by atoms with E-state index in [1.807, 2.05) is 11.8 Å². The van der Waals surface area contributed by atoms with Crippen LogP contribution < -0.4 is 26.2 Å². The molecule has 9 aromatic rings. The average molecular weight is 779 g/mol. The van der Waals surface area contributed by atoms with Crippen molar-refractivity contribution in [2.45, 2.75) is 20.6 Å². The number of hydrogen-bond donors (Lipinski definition) is 0. The summed E-state index contributed by atoms with van der Waals surface area (Å²) in [5.41, 5.74) is 21.2. The largest absolute Gasteiger partial charge is 0.310 e. The Morgan fingerprint density at radius 2 is 0.583 bits per heavy atom. The Morgan fingerprint density at radius 3 is 0.967 bits per heavy atom. The second-order valence-corrected chi connectivity index (χ2v) is 17.7. The van der Waals surface area contributed by atoms with E-state index in [1.165, 1.54) is 93.4 Å². The van der Waals surface area contributed by atoms with Gasteiger partial charge in [0.05, 0.1) is 33.6 Å². The van der Waals surface area contributed by atoms with E-state index in [0.29, 0.717) is 0 Å². The standard InChI is InChI=1S/C56H35BN2S/c1-3-18-36(19-4-1)58-46-30-11-7-22-38(46)55(39-23-8-12-31-47(39)58)42-26-15-27-43-52(42)57-53-44(55)28-16-34-50(53)60-51-35-17-29-45(54(51)57)56(43)40-24-9-13-32-48(40)59(37-20-5-2-6-21-37)49-33-14-10-25-41(49)56/h1-35H. The topological polar surface area (TPSA) is 6.48 Å². The van der Waals surface area contributed by atoms with E-state index >= 15 is 0 Å². The van der Waals surface area contributed by atoms with Crippen LogP contribution in [0, 0.1) is 0 Å². The summed E-state index contributed by atoms with van der Waals surface area (Å²) in [7, 11) is 0. The van der Waals surface area contributed by atoms with Crippen molar-refractivity contribution < 1.29 is 0 Å². The van der Waals surface area contributed by atoms with E-state index < -0.39 is 10.8 Å². The van der Waals surface area contributed by atoms with Crippen LogP contribution >= 0.6 is 11.8 Å².